The van der Waals surface area contributed by atoms with Crippen molar-refractivity contribution < 1.29 is 9.59 Å². The zero-order valence-electron chi connectivity index (χ0n) is 14.9. The van der Waals surface area contributed by atoms with Gasteiger partial charge in [-0.2, -0.15) is 0 Å². The lowest BCUT2D eigenvalue weighted by atomic mass is 10.1. The Morgan fingerprint density at radius 3 is 1.74 bits per heavy atom. The molecule has 0 saturated heterocycles. The Hall–Kier alpha value is -1.22. The monoisotopic (exact) mass is 330 g/mol. The molecule has 0 aliphatic carbocycles. The molecule has 6 N–H and O–H groups in total. The summed E-state index contributed by atoms with van der Waals surface area (Å²) in [7, 11) is 7.27. The van der Waals surface area contributed by atoms with Gasteiger partial charge in [0.05, 0.1) is 12.1 Å². The topological polar surface area (TPSA) is 106 Å². The lowest BCUT2D eigenvalue weighted by Gasteiger charge is -2.19. The van der Waals surface area contributed by atoms with E-state index in [1.54, 1.807) is 14.1 Å². The molecule has 8 heteroatoms. The Kier molecular flexibility index (Phi) is 13.6. The molecule has 0 aromatic rings. The van der Waals surface area contributed by atoms with Gasteiger partial charge in [-0.25, -0.2) is 0 Å². The van der Waals surface area contributed by atoms with E-state index in [-0.39, 0.29) is 23.9 Å². The van der Waals surface area contributed by atoms with Crippen molar-refractivity contribution in [2.24, 2.45) is 0 Å². The van der Waals surface area contributed by atoms with Gasteiger partial charge in [0, 0.05) is 19.6 Å². The van der Waals surface area contributed by atoms with Crippen LogP contribution in [0.15, 0.2) is 0 Å². The molecule has 0 bridgehead atoms. The molecule has 136 valence electrons. The number of likely N-dealkylation sites (N-methyl/N-ethyl adjacent to an activating group) is 3. The molecule has 8 nitrogen and oxygen atoms in total. The molecule has 0 aromatic heterocycles. The first-order valence-corrected chi connectivity index (χ1v) is 8.29. The first kappa shape index (κ1) is 21.8. The van der Waals surface area contributed by atoms with Gasteiger partial charge in [-0.15, -0.1) is 0 Å². The van der Waals surface area contributed by atoms with E-state index in [1.807, 2.05) is 14.1 Å². The zero-order chi connectivity index (χ0) is 17.5. The van der Waals surface area contributed by atoms with E-state index in [1.165, 1.54) is 0 Å². The van der Waals surface area contributed by atoms with E-state index < -0.39 is 0 Å². The first-order valence-electron chi connectivity index (χ1n) is 8.29. The fourth-order valence-electron chi connectivity index (χ4n) is 2.19. The Morgan fingerprint density at radius 2 is 1.22 bits per heavy atom. The zero-order valence-corrected chi connectivity index (χ0v) is 14.9. The summed E-state index contributed by atoms with van der Waals surface area (Å²) in [6.45, 7) is 2.68. The number of carbonyl (C=O) groups excluding carboxylic acids is 2. The lowest BCUT2D eigenvalue weighted by molar-refractivity contribution is -0.125. The largest absolute Gasteiger partial charge is 0.355 e. The molecule has 0 aliphatic heterocycles. The van der Waals surface area contributed by atoms with Crippen molar-refractivity contribution in [1.29, 1.82) is 0 Å². The van der Waals surface area contributed by atoms with Gasteiger partial charge in [-0.3, -0.25) is 9.59 Å². The number of amides is 2. The molecule has 2 amide bonds. The van der Waals surface area contributed by atoms with Crippen LogP contribution in [0.4, 0.5) is 0 Å². The van der Waals surface area contributed by atoms with Crippen LogP contribution in [0.1, 0.15) is 19.3 Å². The summed E-state index contributed by atoms with van der Waals surface area (Å²) >= 11 is 0. The normalized spacial score (nSPS) is 13.4. The molecule has 23 heavy (non-hydrogen) atoms. The van der Waals surface area contributed by atoms with Crippen molar-refractivity contribution in [3.63, 3.8) is 0 Å². The highest BCUT2D eigenvalue weighted by Crippen LogP contribution is 1.97. The van der Waals surface area contributed by atoms with Gasteiger partial charge in [0.25, 0.3) is 0 Å². The average molecular weight is 330 g/mol. The third kappa shape index (κ3) is 10.2. The Bertz CT molecular complexity index is 327. The maximum Gasteiger partial charge on any atom is 0.237 e. The van der Waals surface area contributed by atoms with Crippen molar-refractivity contribution in [1.82, 2.24) is 31.9 Å². The van der Waals surface area contributed by atoms with Gasteiger partial charge in [0.1, 0.15) is 0 Å². The fraction of sp³-hybridized carbons (Fsp3) is 0.867. The van der Waals surface area contributed by atoms with Crippen LogP contribution in [0, 0.1) is 0 Å². The predicted octanol–water partition coefficient (Wildman–Crippen LogP) is -2.00. The van der Waals surface area contributed by atoms with Crippen molar-refractivity contribution in [3.05, 3.63) is 0 Å². The van der Waals surface area contributed by atoms with Gasteiger partial charge < -0.3 is 31.9 Å². The average Bonchev–Trinajstić information content (AvgIpc) is 2.55. The molecule has 2 atom stereocenters. The first-order chi connectivity index (χ1) is 11.1. The van der Waals surface area contributed by atoms with E-state index in [0.717, 1.165) is 25.9 Å². The van der Waals surface area contributed by atoms with Crippen LogP contribution in [0.25, 0.3) is 0 Å². The van der Waals surface area contributed by atoms with Gasteiger partial charge >= 0.3 is 0 Å². The predicted molar refractivity (Wildman–Crippen MR) is 93.4 cm³/mol. The van der Waals surface area contributed by atoms with Crippen molar-refractivity contribution in [3.8, 4) is 0 Å². The summed E-state index contributed by atoms with van der Waals surface area (Å²) < 4.78 is 0. The Balaban J connectivity index is 4.07. The summed E-state index contributed by atoms with van der Waals surface area (Å²) in [5.74, 6) is -0.0646. The highest BCUT2D eigenvalue weighted by atomic mass is 16.2. The number of hydrogen-bond donors (Lipinski definition) is 6. The van der Waals surface area contributed by atoms with Crippen LogP contribution in [0.5, 0.6) is 0 Å². The van der Waals surface area contributed by atoms with Crippen molar-refractivity contribution >= 4 is 11.8 Å². The molecule has 0 radical (unpaired) electrons. The number of nitrogens with one attached hydrogen (secondary N) is 6. The van der Waals surface area contributed by atoms with Crippen LogP contribution in [-0.4, -0.2) is 78.3 Å². The molecular weight excluding hydrogens is 296 g/mol. The quantitative estimate of drug-likeness (QED) is 0.206. The number of rotatable bonds is 14. The van der Waals surface area contributed by atoms with Crippen molar-refractivity contribution in [2.75, 3.05) is 54.4 Å². The summed E-state index contributed by atoms with van der Waals surface area (Å²) in [5.41, 5.74) is 0. The highest BCUT2D eigenvalue weighted by Gasteiger charge is 2.18. The van der Waals surface area contributed by atoms with Gasteiger partial charge in [-0.05, 0) is 54.0 Å². The van der Waals surface area contributed by atoms with Crippen LogP contribution in [0.2, 0.25) is 0 Å². The van der Waals surface area contributed by atoms with E-state index in [2.05, 4.69) is 31.9 Å². The summed E-state index contributed by atoms with van der Waals surface area (Å²) in [6.07, 6.45) is 2.27. The molecular formula is C15H34N6O2. The summed E-state index contributed by atoms with van der Waals surface area (Å²) in [4.78, 5) is 24.1. The summed E-state index contributed by atoms with van der Waals surface area (Å²) in [6, 6.07) is -0.495. The number of hydrogen-bond acceptors (Lipinski definition) is 6. The standard InChI is InChI=1S/C15H34N6O2/c1-16-8-5-6-12(18-3)14(22)20-9-7-13(19-4)15(23)21-11-10-17-2/h12-13,16-19H,5-11H2,1-4H3,(H,20,22)(H,21,23)/t12-,13-/m0/s1. The second-order valence-electron chi connectivity index (χ2n) is 5.40. The SMILES string of the molecule is CNCCC[C@H](NC)C(=O)NCC[C@H](NC)C(=O)NCCNC. The second kappa shape index (κ2) is 14.4. The van der Waals surface area contributed by atoms with Crippen LogP contribution >= 0.6 is 0 Å². The fourth-order valence-corrected chi connectivity index (χ4v) is 2.19. The maximum absolute atomic E-state index is 12.1. The molecule has 0 rings (SSSR count). The molecule has 0 spiro atoms. The number of carbonyl (C=O) groups is 2. The van der Waals surface area contributed by atoms with Crippen molar-refractivity contribution in [2.45, 2.75) is 31.3 Å². The Labute approximate surface area is 139 Å². The molecule has 0 aliphatic rings. The third-order valence-corrected chi connectivity index (χ3v) is 3.66. The van der Waals surface area contributed by atoms with Crippen LogP contribution in [0.3, 0.4) is 0 Å². The molecule has 0 saturated carbocycles. The van der Waals surface area contributed by atoms with E-state index in [0.29, 0.717) is 19.5 Å². The van der Waals surface area contributed by atoms with E-state index in [4.69, 9.17) is 0 Å². The van der Waals surface area contributed by atoms with E-state index >= 15 is 0 Å². The molecule has 0 heterocycles. The Morgan fingerprint density at radius 1 is 0.696 bits per heavy atom. The van der Waals surface area contributed by atoms with Gasteiger partial charge in [-0.1, -0.05) is 0 Å². The van der Waals surface area contributed by atoms with Crippen LogP contribution in [-0.2, 0) is 9.59 Å². The van der Waals surface area contributed by atoms with Gasteiger partial charge in [0.15, 0.2) is 0 Å². The molecule has 0 fully saturated rings. The van der Waals surface area contributed by atoms with Gasteiger partial charge in [0.2, 0.25) is 11.8 Å². The highest BCUT2D eigenvalue weighted by molar-refractivity contribution is 5.83. The minimum absolute atomic E-state index is 0.0194. The lowest BCUT2D eigenvalue weighted by Crippen LogP contribution is -2.47. The minimum Gasteiger partial charge on any atom is -0.355 e. The second-order valence-corrected chi connectivity index (χ2v) is 5.40. The maximum atomic E-state index is 12.1. The van der Waals surface area contributed by atoms with Crippen LogP contribution < -0.4 is 31.9 Å². The van der Waals surface area contributed by atoms with E-state index in [9.17, 15) is 9.59 Å². The molecule has 0 aromatic carbocycles. The third-order valence-electron chi connectivity index (χ3n) is 3.66. The smallest absolute Gasteiger partial charge is 0.237 e. The molecule has 0 unspecified atom stereocenters. The minimum atomic E-state index is -0.301. The summed E-state index contributed by atoms with van der Waals surface area (Å²) in [5, 5.41) is 17.8.